The Hall–Kier alpha value is -1.61. The van der Waals surface area contributed by atoms with Gasteiger partial charge in [-0.1, -0.05) is 61.8 Å². The van der Waals surface area contributed by atoms with Crippen molar-refractivity contribution < 1.29 is 0 Å². The monoisotopic (exact) mass is 332 g/mol. The van der Waals surface area contributed by atoms with Crippen molar-refractivity contribution in [3.05, 3.63) is 59.3 Å². The Balaban J connectivity index is 0.000000461. The molecule has 0 aliphatic rings. The Bertz CT molecular complexity index is 611. The Kier molecular flexibility index (Phi) is 7.02. The van der Waals surface area contributed by atoms with E-state index in [0.717, 1.165) is 21.4 Å². The third-order valence-corrected chi connectivity index (χ3v) is 2.98. The minimum Gasteiger partial charge on any atom is -0.306 e. The highest BCUT2D eigenvalue weighted by atomic mass is 79.9. The predicted octanol–water partition coefficient (Wildman–Crippen LogP) is 5.82. The van der Waals surface area contributed by atoms with Gasteiger partial charge in [-0.25, -0.2) is 4.98 Å². The quantitative estimate of drug-likeness (QED) is 0.549. The van der Waals surface area contributed by atoms with Gasteiger partial charge in [0, 0.05) is 22.4 Å². The normalized spacial score (nSPS) is 9.25. The third-order valence-electron chi connectivity index (χ3n) is 2.48. The van der Waals surface area contributed by atoms with E-state index in [1.807, 2.05) is 74.8 Å². The second-order valence-corrected chi connectivity index (χ2v) is 4.52. The largest absolute Gasteiger partial charge is 0.306 e. The molecule has 1 aromatic carbocycles. The molecule has 0 saturated carbocycles. The molecule has 3 aromatic rings. The predicted molar refractivity (Wildman–Crippen MR) is 91.0 cm³/mol. The van der Waals surface area contributed by atoms with E-state index in [4.69, 9.17) is 0 Å². The SMILES string of the molecule is Brc1cccc(-c2cn3ccccc3n2)c1.CC.CC. The summed E-state index contributed by atoms with van der Waals surface area (Å²) in [7, 11) is 0. The molecule has 0 spiro atoms. The van der Waals surface area contributed by atoms with Gasteiger partial charge in [0.25, 0.3) is 0 Å². The van der Waals surface area contributed by atoms with Crippen LogP contribution in [0.5, 0.6) is 0 Å². The maximum Gasteiger partial charge on any atom is 0.137 e. The van der Waals surface area contributed by atoms with Crippen molar-refractivity contribution in [3.63, 3.8) is 0 Å². The van der Waals surface area contributed by atoms with Crippen molar-refractivity contribution in [1.29, 1.82) is 0 Å². The van der Waals surface area contributed by atoms with Crippen molar-refractivity contribution in [3.8, 4) is 11.3 Å². The highest BCUT2D eigenvalue weighted by molar-refractivity contribution is 9.10. The molecule has 20 heavy (non-hydrogen) atoms. The molecule has 2 aromatic heterocycles. The lowest BCUT2D eigenvalue weighted by Gasteiger charge is -1.95. The molecule has 0 saturated heterocycles. The van der Waals surface area contributed by atoms with E-state index in [0.29, 0.717) is 0 Å². The summed E-state index contributed by atoms with van der Waals surface area (Å²) in [4.78, 5) is 4.57. The lowest BCUT2D eigenvalue weighted by atomic mass is 10.2. The molecule has 3 heteroatoms. The molecule has 0 unspecified atom stereocenters. The number of aromatic nitrogens is 2. The minimum absolute atomic E-state index is 0.970. The van der Waals surface area contributed by atoms with Gasteiger partial charge in [0.1, 0.15) is 5.65 Å². The Morgan fingerprint density at radius 3 is 2.35 bits per heavy atom. The van der Waals surface area contributed by atoms with Gasteiger partial charge >= 0.3 is 0 Å². The first-order valence-electron chi connectivity index (χ1n) is 7.02. The van der Waals surface area contributed by atoms with Gasteiger partial charge in [0.15, 0.2) is 0 Å². The number of benzene rings is 1. The molecule has 2 heterocycles. The molecule has 0 aliphatic heterocycles. The summed E-state index contributed by atoms with van der Waals surface area (Å²) >= 11 is 3.47. The van der Waals surface area contributed by atoms with Crippen molar-refractivity contribution >= 4 is 21.6 Å². The van der Waals surface area contributed by atoms with Gasteiger partial charge in [0.05, 0.1) is 5.69 Å². The number of rotatable bonds is 1. The van der Waals surface area contributed by atoms with Crippen LogP contribution in [-0.4, -0.2) is 9.38 Å². The van der Waals surface area contributed by atoms with E-state index < -0.39 is 0 Å². The van der Waals surface area contributed by atoms with Crippen LogP contribution in [0.4, 0.5) is 0 Å². The zero-order chi connectivity index (χ0) is 15.0. The number of fused-ring (bicyclic) bond motifs is 1. The Morgan fingerprint density at radius 2 is 1.70 bits per heavy atom. The van der Waals surface area contributed by atoms with Gasteiger partial charge in [0.2, 0.25) is 0 Å². The number of imidazole rings is 1. The molecule has 0 atom stereocenters. The number of halogens is 1. The molecule has 106 valence electrons. The van der Waals surface area contributed by atoms with E-state index in [2.05, 4.69) is 33.0 Å². The lowest BCUT2D eigenvalue weighted by Crippen LogP contribution is -1.77. The summed E-state index contributed by atoms with van der Waals surface area (Å²) in [6.07, 6.45) is 4.04. The first-order chi connectivity index (χ1) is 9.83. The van der Waals surface area contributed by atoms with Crippen molar-refractivity contribution in [2.24, 2.45) is 0 Å². The van der Waals surface area contributed by atoms with Crippen LogP contribution in [0.2, 0.25) is 0 Å². The molecule has 0 radical (unpaired) electrons. The van der Waals surface area contributed by atoms with E-state index >= 15 is 0 Å². The molecule has 3 rings (SSSR count). The highest BCUT2D eigenvalue weighted by Crippen LogP contribution is 2.22. The Labute approximate surface area is 129 Å². The fourth-order valence-corrected chi connectivity index (χ4v) is 2.12. The lowest BCUT2D eigenvalue weighted by molar-refractivity contribution is 1.19. The van der Waals surface area contributed by atoms with E-state index in [1.54, 1.807) is 0 Å². The van der Waals surface area contributed by atoms with Crippen LogP contribution in [-0.2, 0) is 0 Å². The van der Waals surface area contributed by atoms with Crippen LogP contribution in [0.1, 0.15) is 27.7 Å². The average molecular weight is 333 g/mol. The van der Waals surface area contributed by atoms with Crippen molar-refractivity contribution in [2.75, 3.05) is 0 Å². The topological polar surface area (TPSA) is 17.3 Å². The zero-order valence-corrected chi connectivity index (χ0v) is 14.1. The average Bonchev–Trinajstić information content (AvgIpc) is 2.95. The van der Waals surface area contributed by atoms with Gasteiger partial charge < -0.3 is 4.40 Å². The summed E-state index contributed by atoms with van der Waals surface area (Å²) in [5.41, 5.74) is 3.09. The molecule has 2 nitrogen and oxygen atoms in total. The van der Waals surface area contributed by atoms with Crippen molar-refractivity contribution in [2.45, 2.75) is 27.7 Å². The smallest absolute Gasteiger partial charge is 0.137 e. The van der Waals surface area contributed by atoms with E-state index in [9.17, 15) is 0 Å². The van der Waals surface area contributed by atoms with Crippen LogP contribution >= 0.6 is 15.9 Å². The number of hydrogen-bond donors (Lipinski definition) is 0. The van der Waals surface area contributed by atoms with Crippen LogP contribution in [0.3, 0.4) is 0 Å². The van der Waals surface area contributed by atoms with E-state index in [1.165, 1.54) is 0 Å². The summed E-state index contributed by atoms with van der Waals surface area (Å²) in [5, 5.41) is 0. The third kappa shape index (κ3) is 3.94. The summed E-state index contributed by atoms with van der Waals surface area (Å²) in [6, 6.07) is 14.2. The molecule has 0 amide bonds. The molecular weight excluding hydrogens is 312 g/mol. The maximum absolute atomic E-state index is 4.57. The standard InChI is InChI=1S/C13H9BrN2.2C2H6/c14-11-5-3-4-10(8-11)12-9-16-7-2-1-6-13(16)15-12;2*1-2/h1-9H;2*1-2H3. The summed E-state index contributed by atoms with van der Waals surface area (Å²) in [5.74, 6) is 0. The van der Waals surface area contributed by atoms with Crippen LogP contribution in [0.25, 0.3) is 16.9 Å². The Morgan fingerprint density at radius 1 is 0.950 bits per heavy atom. The van der Waals surface area contributed by atoms with Gasteiger partial charge in [-0.2, -0.15) is 0 Å². The van der Waals surface area contributed by atoms with Crippen molar-refractivity contribution in [1.82, 2.24) is 9.38 Å². The second-order valence-electron chi connectivity index (χ2n) is 3.60. The van der Waals surface area contributed by atoms with E-state index in [-0.39, 0.29) is 0 Å². The van der Waals surface area contributed by atoms with Gasteiger partial charge in [-0.15, -0.1) is 0 Å². The first-order valence-corrected chi connectivity index (χ1v) is 7.82. The van der Waals surface area contributed by atoms with Crippen LogP contribution in [0.15, 0.2) is 59.3 Å². The van der Waals surface area contributed by atoms with Crippen LogP contribution < -0.4 is 0 Å². The molecular formula is C17H21BrN2. The maximum atomic E-state index is 4.57. The number of nitrogens with zero attached hydrogens (tertiary/aromatic N) is 2. The summed E-state index contributed by atoms with van der Waals surface area (Å²) < 4.78 is 3.10. The number of pyridine rings is 1. The highest BCUT2D eigenvalue weighted by Gasteiger charge is 2.03. The molecule has 0 N–H and O–H groups in total. The van der Waals surface area contributed by atoms with Crippen LogP contribution in [0, 0.1) is 0 Å². The first kappa shape index (κ1) is 16.4. The second kappa shape index (κ2) is 8.54. The molecule has 0 bridgehead atoms. The zero-order valence-electron chi connectivity index (χ0n) is 12.5. The fraction of sp³-hybridized carbons (Fsp3) is 0.235. The molecule has 0 fully saturated rings. The minimum atomic E-state index is 0.970. The van der Waals surface area contributed by atoms with Gasteiger partial charge in [-0.05, 0) is 24.3 Å². The molecule has 0 aliphatic carbocycles. The van der Waals surface area contributed by atoms with Gasteiger partial charge in [-0.3, -0.25) is 0 Å². The fourth-order valence-electron chi connectivity index (χ4n) is 1.72. The summed E-state index contributed by atoms with van der Waals surface area (Å²) in [6.45, 7) is 8.00. The number of hydrogen-bond acceptors (Lipinski definition) is 1.